The molecule has 136 valence electrons. The Labute approximate surface area is 160 Å². The van der Waals surface area contributed by atoms with Crippen molar-refractivity contribution in [3.8, 4) is 0 Å². The van der Waals surface area contributed by atoms with Gasteiger partial charge in [-0.2, -0.15) is 16.4 Å². The maximum atomic E-state index is 12.8. The fraction of sp³-hybridized carbons (Fsp3) is 0.150. The minimum absolute atomic E-state index is 0.117. The van der Waals surface area contributed by atoms with Crippen molar-refractivity contribution < 1.29 is 14.0 Å². The molecule has 0 spiro atoms. The largest absolute Gasteiger partial charge is 0.459 e. The summed E-state index contributed by atoms with van der Waals surface area (Å²) in [6.07, 6.45) is 2.09. The molecule has 1 aliphatic rings. The van der Waals surface area contributed by atoms with Gasteiger partial charge in [0.15, 0.2) is 5.76 Å². The Hall–Kier alpha value is -3.19. The van der Waals surface area contributed by atoms with Gasteiger partial charge < -0.3 is 9.73 Å². The van der Waals surface area contributed by atoms with Gasteiger partial charge in [0, 0.05) is 19.0 Å². The number of amides is 2. The number of thiophene rings is 1. The summed E-state index contributed by atoms with van der Waals surface area (Å²) in [7, 11) is 0. The predicted molar refractivity (Wildman–Crippen MR) is 104 cm³/mol. The Morgan fingerprint density at radius 2 is 2.04 bits per heavy atom. The summed E-state index contributed by atoms with van der Waals surface area (Å²) < 4.78 is 5.27. The summed E-state index contributed by atoms with van der Waals surface area (Å²) in [6, 6.07) is 12.6. The van der Waals surface area contributed by atoms with E-state index < -0.39 is 0 Å². The second kappa shape index (κ2) is 7.20. The average Bonchev–Trinajstić information content (AvgIpc) is 3.41. The fourth-order valence-corrected chi connectivity index (χ4v) is 3.77. The molecule has 0 radical (unpaired) electrons. The number of nitrogens with one attached hydrogen (secondary N) is 1. The smallest absolute Gasteiger partial charge is 0.310 e. The van der Waals surface area contributed by atoms with Gasteiger partial charge in [0.05, 0.1) is 18.0 Å². The highest BCUT2D eigenvalue weighted by molar-refractivity contribution is 7.08. The van der Waals surface area contributed by atoms with Crippen LogP contribution in [0, 0.1) is 0 Å². The lowest BCUT2D eigenvalue weighted by molar-refractivity contribution is -0.114. The molecule has 0 aliphatic carbocycles. The van der Waals surface area contributed by atoms with E-state index in [2.05, 4.69) is 10.4 Å². The molecule has 4 rings (SSSR count). The molecule has 1 aliphatic heterocycles. The van der Waals surface area contributed by atoms with Crippen LogP contribution in [0.5, 0.6) is 0 Å². The van der Waals surface area contributed by atoms with Gasteiger partial charge in [0.1, 0.15) is 0 Å². The van der Waals surface area contributed by atoms with Gasteiger partial charge in [-0.15, -0.1) is 0 Å². The maximum Gasteiger partial charge on any atom is 0.310 e. The second-order valence-electron chi connectivity index (χ2n) is 6.21. The number of anilines is 1. The second-order valence-corrected chi connectivity index (χ2v) is 6.99. The first-order chi connectivity index (χ1) is 13.1. The molecule has 1 N–H and O–H groups in total. The van der Waals surface area contributed by atoms with Gasteiger partial charge in [-0.05, 0) is 52.2 Å². The van der Waals surface area contributed by atoms with Gasteiger partial charge >= 0.3 is 5.91 Å². The number of nitrogens with zero attached hydrogens (tertiary/aromatic N) is 2. The third kappa shape index (κ3) is 3.54. The zero-order chi connectivity index (χ0) is 18.8. The third-order valence-corrected chi connectivity index (χ3v) is 5.02. The van der Waals surface area contributed by atoms with Crippen molar-refractivity contribution in [2.75, 3.05) is 5.32 Å². The summed E-state index contributed by atoms with van der Waals surface area (Å²) in [4.78, 5) is 24.0. The van der Waals surface area contributed by atoms with Crippen LogP contribution < -0.4 is 5.32 Å². The van der Waals surface area contributed by atoms with Crippen molar-refractivity contribution in [1.29, 1.82) is 0 Å². The van der Waals surface area contributed by atoms with Crippen LogP contribution in [0.15, 0.2) is 69.0 Å². The van der Waals surface area contributed by atoms with Crippen LogP contribution >= 0.6 is 11.3 Å². The molecule has 2 aromatic heterocycles. The Kier molecular flexibility index (Phi) is 4.60. The van der Waals surface area contributed by atoms with Crippen molar-refractivity contribution in [2.45, 2.75) is 19.4 Å². The number of hydrogen-bond acceptors (Lipinski definition) is 5. The highest BCUT2D eigenvalue weighted by atomic mass is 32.1. The molecule has 6 nitrogen and oxygen atoms in total. The first-order valence-corrected chi connectivity index (χ1v) is 9.41. The van der Waals surface area contributed by atoms with E-state index in [1.165, 1.54) is 18.2 Å². The lowest BCUT2D eigenvalue weighted by Gasteiger charge is -2.19. The number of hydrazone groups is 1. The highest BCUT2D eigenvalue weighted by Crippen LogP contribution is 2.35. The highest BCUT2D eigenvalue weighted by Gasteiger charge is 2.34. The molecule has 1 atom stereocenters. The number of hydrogen-bond donors (Lipinski definition) is 1. The van der Waals surface area contributed by atoms with Gasteiger partial charge in [0.25, 0.3) is 0 Å². The van der Waals surface area contributed by atoms with Crippen molar-refractivity contribution in [1.82, 2.24) is 5.01 Å². The average molecular weight is 379 g/mol. The van der Waals surface area contributed by atoms with E-state index in [9.17, 15) is 9.59 Å². The molecular weight excluding hydrogens is 362 g/mol. The van der Waals surface area contributed by atoms with E-state index >= 15 is 0 Å². The van der Waals surface area contributed by atoms with Crippen LogP contribution in [0.3, 0.4) is 0 Å². The molecule has 0 bridgehead atoms. The molecular formula is C20H17N3O3S. The molecule has 2 amide bonds. The number of furan rings is 1. The number of benzene rings is 1. The van der Waals surface area contributed by atoms with Crippen LogP contribution in [0.25, 0.3) is 0 Å². The molecule has 27 heavy (non-hydrogen) atoms. The molecule has 3 heterocycles. The van der Waals surface area contributed by atoms with Gasteiger partial charge in [-0.25, -0.2) is 5.01 Å². The molecule has 0 fully saturated rings. The van der Waals surface area contributed by atoms with Crippen LogP contribution in [0.2, 0.25) is 0 Å². The first-order valence-electron chi connectivity index (χ1n) is 8.46. The van der Waals surface area contributed by atoms with Crippen LogP contribution in [0.1, 0.15) is 41.1 Å². The minimum atomic E-state index is -0.263. The standard InChI is InChI=1S/C20H17N3O3S/c1-13(24)21-16-6-4-14(5-7-16)17-11-18(15-8-10-27-12-15)23(22-17)20(25)19-3-2-9-26-19/h2-10,12,18H,11H2,1H3,(H,21,24)/t18-/m0/s1. The lowest BCUT2D eigenvalue weighted by Crippen LogP contribution is -2.26. The van der Waals surface area contributed by atoms with Crippen molar-refractivity contribution in [3.05, 3.63) is 76.4 Å². The Morgan fingerprint density at radius 3 is 2.67 bits per heavy atom. The van der Waals surface area contributed by atoms with Crippen molar-refractivity contribution in [3.63, 3.8) is 0 Å². The van der Waals surface area contributed by atoms with E-state index in [0.29, 0.717) is 6.42 Å². The minimum Gasteiger partial charge on any atom is -0.459 e. The van der Waals surface area contributed by atoms with Gasteiger partial charge in [-0.3, -0.25) is 9.59 Å². The number of carbonyl (C=O) groups is 2. The molecule has 0 unspecified atom stereocenters. The van der Waals surface area contributed by atoms with Crippen molar-refractivity contribution >= 4 is 34.6 Å². The van der Waals surface area contributed by atoms with Crippen LogP contribution in [-0.2, 0) is 4.79 Å². The molecule has 1 aromatic carbocycles. The lowest BCUT2D eigenvalue weighted by atomic mass is 10.00. The van der Waals surface area contributed by atoms with E-state index in [1.807, 2.05) is 41.1 Å². The molecule has 7 heteroatoms. The van der Waals surface area contributed by atoms with E-state index in [4.69, 9.17) is 4.42 Å². The van der Waals surface area contributed by atoms with Crippen LogP contribution in [0.4, 0.5) is 5.69 Å². The first kappa shape index (κ1) is 17.2. The zero-order valence-electron chi connectivity index (χ0n) is 14.6. The molecule has 0 saturated carbocycles. The Bertz CT molecular complexity index is 976. The topological polar surface area (TPSA) is 74.9 Å². The van der Waals surface area contributed by atoms with Crippen LogP contribution in [-0.4, -0.2) is 22.5 Å². The van der Waals surface area contributed by atoms with E-state index in [0.717, 1.165) is 22.5 Å². The monoisotopic (exact) mass is 379 g/mol. The summed E-state index contributed by atoms with van der Waals surface area (Å²) in [5.74, 6) is -0.115. The van der Waals surface area contributed by atoms with E-state index in [-0.39, 0.29) is 23.6 Å². The molecule has 0 saturated heterocycles. The SMILES string of the molecule is CC(=O)Nc1ccc(C2=NN(C(=O)c3ccco3)[C@H](c3ccsc3)C2)cc1. The predicted octanol–water partition coefficient (Wildman–Crippen LogP) is 4.29. The van der Waals surface area contributed by atoms with Crippen molar-refractivity contribution in [2.24, 2.45) is 5.10 Å². The number of carbonyl (C=O) groups excluding carboxylic acids is 2. The fourth-order valence-electron chi connectivity index (χ4n) is 3.06. The number of rotatable bonds is 4. The zero-order valence-corrected chi connectivity index (χ0v) is 15.4. The Morgan fingerprint density at radius 1 is 1.22 bits per heavy atom. The quantitative estimate of drug-likeness (QED) is 0.735. The Balaban J connectivity index is 1.64. The van der Waals surface area contributed by atoms with E-state index in [1.54, 1.807) is 23.5 Å². The summed E-state index contributed by atoms with van der Waals surface area (Å²) in [6.45, 7) is 1.47. The van der Waals surface area contributed by atoms with Gasteiger partial charge in [-0.1, -0.05) is 12.1 Å². The maximum absolute atomic E-state index is 12.8. The summed E-state index contributed by atoms with van der Waals surface area (Å²) >= 11 is 1.59. The molecule has 3 aromatic rings. The summed E-state index contributed by atoms with van der Waals surface area (Å²) in [5, 5.41) is 12.9. The van der Waals surface area contributed by atoms with Gasteiger partial charge in [0.2, 0.25) is 5.91 Å². The normalized spacial score (nSPS) is 16.3. The summed E-state index contributed by atoms with van der Waals surface area (Å²) in [5.41, 5.74) is 3.51. The third-order valence-electron chi connectivity index (χ3n) is 4.32.